The Morgan fingerprint density at radius 2 is 2.29 bits per heavy atom. The zero-order valence-electron chi connectivity index (χ0n) is 7.94. The van der Waals surface area contributed by atoms with E-state index in [0.29, 0.717) is 0 Å². The highest BCUT2D eigenvalue weighted by atomic mass is 79.9. The lowest BCUT2D eigenvalue weighted by Crippen LogP contribution is -2.29. The topological polar surface area (TPSA) is 50.1 Å². The molecule has 2 aliphatic heterocycles. The Morgan fingerprint density at radius 3 is 2.93 bits per heavy atom. The Kier molecular flexibility index (Phi) is 2.93. The molecule has 0 saturated carbocycles. The summed E-state index contributed by atoms with van der Waals surface area (Å²) < 4.78 is 1.10. The molecule has 0 saturated heterocycles. The molecule has 0 spiro atoms. The van der Waals surface area contributed by atoms with Gasteiger partial charge in [0.05, 0.1) is 11.4 Å². The molecule has 2 aliphatic rings. The number of halogens is 1. The maximum absolute atomic E-state index is 5.95. The maximum Gasteiger partial charge on any atom is 0.0607 e. The molecule has 3 nitrogen and oxygen atoms in total. The fourth-order valence-corrected chi connectivity index (χ4v) is 2.10. The zero-order chi connectivity index (χ0) is 9.97. The molecule has 0 unspecified atom stereocenters. The van der Waals surface area contributed by atoms with Gasteiger partial charge in [-0.15, -0.1) is 0 Å². The Balaban J connectivity index is 2.25. The molecule has 0 amide bonds. The molecule has 0 fully saturated rings. The summed E-state index contributed by atoms with van der Waals surface area (Å²) in [5.41, 5.74) is 9.22. The van der Waals surface area contributed by atoms with E-state index in [9.17, 15) is 0 Å². The first kappa shape index (κ1) is 9.80. The van der Waals surface area contributed by atoms with E-state index in [1.807, 2.05) is 6.08 Å². The highest BCUT2D eigenvalue weighted by Crippen LogP contribution is 2.21. The molecule has 0 atom stereocenters. The SMILES string of the molecule is NC1=C(C2=CCNCC2)NCC(Br)=C1. The predicted molar refractivity (Wildman–Crippen MR) is 61.8 cm³/mol. The van der Waals surface area contributed by atoms with Gasteiger partial charge >= 0.3 is 0 Å². The van der Waals surface area contributed by atoms with Gasteiger partial charge in [-0.3, -0.25) is 0 Å². The summed E-state index contributed by atoms with van der Waals surface area (Å²) in [7, 11) is 0. The molecule has 4 N–H and O–H groups in total. The number of hydrogen-bond acceptors (Lipinski definition) is 3. The third-order valence-electron chi connectivity index (χ3n) is 2.42. The van der Waals surface area contributed by atoms with Crippen LogP contribution in [0.4, 0.5) is 0 Å². The third-order valence-corrected chi connectivity index (χ3v) is 2.93. The smallest absolute Gasteiger partial charge is 0.0607 e. The van der Waals surface area contributed by atoms with Crippen molar-refractivity contribution in [2.24, 2.45) is 5.73 Å². The summed E-state index contributed by atoms with van der Waals surface area (Å²) in [6, 6.07) is 0. The first-order valence-corrected chi connectivity index (χ1v) is 5.56. The van der Waals surface area contributed by atoms with Gasteiger partial charge in [0, 0.05) is 17.6 Å². The second-order valence-corrected chi connectivity index (χ2v) is 4.48. The van der Waals surface area contributed by atoms with Crippen molar-refractivity contribution in [1.29, 1.82) is 0 Å². The fraction of sp³-hybridized carbons (Fsp3) is 0.400. The van der Waals surface area contributed by atoms with Gasteiger partial charge in [-0.05, 0) is 24.6 Å². The Bertz CT molecular complexity index is 328. The van der Waals surface area contributed by atoms with Crippen molar-refractivity contribution in [2.45, 2.75) is 6.42 Å². The molecule has 14 heavy (non-hydrogen) atoms. The second-order valence-electron chi connectivity index (χ2n) is 3.46. The largest absolute Gasteiger partial charge is 0.397 e. The average molecular weight is 256 g/mol. The first-order chi connectivity index (χ1) is 6.77. The van der Waals surface area contributed by atoms with Crippen LogP contribution in [0.25, 0.3) is 0 Å². The van der Waals surface area contributed by atoms with E-state index < -0.39 is 0 Å². The maximum atomic E-state index is 5.95. The van der Waals surface area contributed by atoms with Crippen LogP contribution in [0.1, 0.15) is 6.42 Å². The summed E-state index contributed by atoms with van der Waals surface area (Å²) in [5, 5.41) is 6.62. The zero-order valence-corrected chi connectivity index (χ0v) is 9.52. The van der Waals surface area contributed by atoms with E-state index >= 15 is 0 Å². The number of allylic oxidation sites excluding steroid dienone is 2. The van der Waals surface area contributed by atoms with Crippen LogP contribution in [0, 0.1) is 0 Å². The van der Waals surface area contributed by atoms with Crippen LogP contribution in [-0.4, -0.2) is 19.6 Å². The van der Waals surface area contributed by atoms with E-state index in [1.165, 1.54) is 5.57 Å². The van der Waals surface area contributed by atoms with Crippen LogP contribution in [0.2, 0.25) is 0 Å². The highest BCUT2D eigenvalue weighted by Gasteiger charge is 2.14. The van der Waals surface area contributed by atoms with Gasteiger partial charge in [0.1, 0.15) is 0 Å². The number of rotatable bonds is 1. The first-order valence-electron chi connectivity index (χ1n) is 4.77. The number of nitrogens with one attached hydrogen (secondary N) is 2. The van der Waals surface area contributed by atoms with Crippen LogP contribution < -0.4 is 16.4 Å². The molecule has 0 aliphatic carbocycles. The second kappa shape index (κ2) is 4.19. The Labute approximate surface area is 92.3 Å². The van der Waals surface area contributed by atoms with Crippen molar-refractivity contribution in [3.05, 3.63) is 33.6 Å². The molecule has 76 valence electrons. The van der Waals surface area contributed by atoms with E-state index in [4.69, 9.17) is 5.73 Å². The van der Waals surface area contributed by atoms with E-state index in [0.717, 1.165) is 41.9 Å². The summed E-state index contributed by atoms with van der Waals surface area (Å²) >= 11 is 3.43. The molecule has 0 bridgehead atoms. The lowest BCUT2D eigenvalue weighted by atomic mass is 10.0. The number of hydrogen-bond donors (Lipinski definition) is 3. The van der Waals surface area contributed by atoms with E-state index in [-0.39, 0.29) is 0 Å². The molecule has 0 aromatic carbocycles. The minimum atomic E-state index is 0.830. The minimum Gasteiger partial charge on any atom is -0.397 e. The molecule has 2 rings (SSSR count). The van der Waals surface area contributed by atoms with Crippen molar-refractivity contribution in [1.82, 2.24) is 10.6 Å². The molecule has 0 aromatic rings. The molecule has 2 heterocycles. The van der Waals surface area contributed by atoms with Crippen molar-refractivity contribution in [2.75, 3.05) is 19.6 Å². The standard InChI is InChI=1S/C10H14BrN3/c11-8-5-9(12)10(14-6-8)7-1-3-13-4-2-7/h1,5,13-14H,2-4,6,12H2. The Hall–Kier alpha value is -0.740. The van der Waals surface area contributed by atoms with E-state index in [1.54, 1.807) is 0 Å². The lowest BCUT2D eigenvalue weighted by Gasteiger charge is -2.22. The molecular formula is C10H14BrN3. The summed E-state index contributed by atoms with van der Waals surface area (Å²) in [6.45, 7) is 2.81. The molecular weight excluding hydrogens is 242 g/mol. The van der Waals surface area contributed by atoms with E-state index in [2.05, 4.69) is 32.6 Å². The van der Waals surface area contributed by atoms with Crippen molar-refractivity contribution in [3.63, 3.8) is 0 Å². The van der Waals surface area contributed by atoms with Crippen LogP contribution in [0.3, 0.4) is 0 Å². The van der Waals surface area contributed by atoms with Gasteiger partial charge < -0.3 is 16.4 Å². The monoisotopic (exact) mass is 255 g/mol. The van der Waals surface area contributed by atoms with Crippen LogP contribution in [0.5, 0.6) is 0 Å². The average Bonchev–Trinajstić information content (AvgIpc) is 2.19. The normalized spacial score (nSPS) is 22.6. The van der Waals surface area contributed by atoms with Gasteiger partial charge in [0.15, 0.2) is 0 Å². The third kappa shape index (κ3) is 2.01. The molecule has 0 aromatic heterocycles. The summed E-state index contributed by atoms with van der Waals surface area (Å²) in [5.74, 6) is 0. The highest BCUT2D eigenvalue weighted by molar-refractivity contribution is 9.11. The molecule has 0 radical (unpaired) electrons. The molecule has 4 heteroatoms. The fourth-order valence-electron chi connectivity index (χ4n) is 1.72. The number of nitrogens with two attached hydrogens (primary N) is 1. The van der Waals surface area contributed by atoms with Gasteiger partial charge in [0.2, 0.25) is 0 Å². The quantitative estimate of drug-likeness (QED) is 0.655. The van der Waals surface area contributed by atoms with Crippen molar-refractivity contribution >= 4 is 15.9 Å². The minimum absolute atomic E-state index is 0.830. The lowest BCUT2D eigenvalue weighted by molar-refractivity contribution is 0.692. The predicted octanol–water partition coefficient (Wildman–Crippen LogP) is 0.958. The van der Waals surface area contributed by atoms with Gasteiger partial charge in [-0.1, -0.05) is 22.0 Å². The van der Waals surface area contributed by atoms with Gasteiger partial charge in [-0.25, -0.2) is 0 Å². The van der Waals surface area contributed by atoms with Crippen molar-refractivity contribution in [3.8, 4) is 0 Å². The van der Waals surface area contributed by atoms with Crippen LogP contribution in [-0.2, 0) is 0 Å². The summed E-state index contributed by atoms with van der Waals surface area (Å²) in [6.07, 6.45) is 5.23. The van der Waals surface area contributed by atoms with Crippen LogP contribution >= 0.6 is 15.9 Å². The summed E-state index contributed by atoms with van der Waals surface area (Å²) in [4.78, 5) is 0. The van der Waals surface area contributed by atoms with Crippen LogP contribution in [0.15, 0.2) is 33.6 Å². The van der Waals surface area contributed by atoms with Gasteiger partial charge in [-0.2, -0.15) is 0 Å². The van der Waals surface area contributed by atoms with Gasteiger partial charge in [0.25, 0.3) is 0 Å². The number of dihydropyridines is 1. The van der Waals surface area contributed by atoms with Crippen molar-refractivity contribution < 1.29 is 0 Å². The Morgan fingerprint density at radius 1 is 1.43 bits per heavy atom.